The average Bonchev–Trinajstić information content (AvgIpc) is 2.40. The van der Waals surface area contributed by atoms with Gasteiger partial charge in [-0.25, -0.2) is 0 Å². The van der Waals surface area contributed by atoms with Crippen LogP contribution in [0.4, 0.5) is 0 Å². The molecule has 16 heavy (non-hydrogen) atoms. The van der Waals surface area contributed by atoms with Crippen molar-refractivity contribution in [2.45, 2.75) is 59.8 Å². The van der Waals surface area contributed by atoms with Crippen LogP contribution in [0.15, 0.2) is 6.07 Å². The summed E-state index contributed by atoms with van der Waals surface area (Å²) in [5, 5.41) is 4.67. The molecule has 1 aromatic heterocycles. The monoisotopic (exact) mass is 222 g/mol. The molecule has 3 heteroatoms. The molecule has 0 saturated heterocycles. The Morgan fingerprint density at radius 3 is 2.75 bits per heavy atom. The van der Waals surface area contributed by atoms with Gasteiger partial charge in [0.05, 0.1) is 30.1 Å². The van der Waals surface area contributed by atoms with Gasteiger partial charge in [-0.2, -0.15) is 5.10 Å². The topological polar surface area (TPSA) is 27.1 Å². The molecule has 0 bridgehead atoms. The van der Waals surface area contributed by atoms with Gasteiger partial charge in [0.2, 0.25) is 0 Å². The second-order valence-electron chi connectivity index (χ2n) is 6.57. The van der Waals surface area contributed by atoms with Crippen LogP contribution in [0, 0.1) is 5.41 Å². The summed E-state index contributed by atoms with van der Waals surface area (Å²) >= 11 is 0. The molecule has 0 amide bonds. The van der Waals surface area contributed by atoms with E-state index in [9.17, 15) is 0 Å². The van der Waals surface area contributed by atoms with E-state index in [0.717, 1.165) is 13.0 Å². The van der Waals surface area contributed by atoms with Crippen molar-refractivity contribution in [2.75, 3.05) is 0 Å². The molecule has 0 N–H and O–H groups in total. The highest BCUT2D eigenvalue weighted by atomic mass is 16.5. The van der Waals surface area contributed by atoms with E-state index < -0.39 is 0 Å². The van der Waals surface area contributed by atoms with Crippen molar-refractivity contribution in [1.82, 2.24) is 9.78 Å². The number of nitrogens with zero attached hydrogens (tertiary/aromatic N) is 2. The van der Waals surface area contributed by atoms with E-state index in [-0.39, 0.29) is 5.60 Å². The minimum Gasteiger partial charge on any atom is -0.367 e. The van der Waals surface area contributed by atoms with Gasteiger partial charge in [-0.05, 0) is 31.7 Å². The van der Waals surface area contributed by atoms with Crippen LogP contribution in [0.2, 0.25) is 0 Å². The lowest BCUT2D eigenvalue weighted by Crippen LogP contribution is -2.36. The van der Waals surface area contributed by atoms with Gasteiger partial charge in [0.25, 0.3) is 0 Å². The zero-order valence-electron chi connectivity index (χ0n) is 11.0. The molecule has 0 unspecified atom stereocenters. The average molecular weight is 222 g/mol. The minimum absolute atomic E-state index is 0.0853. The normalized spacial score (nSPS) is 19.6. The summed E-state index contributed by atoms with van der Waals surface area (Å²) in [4.78, 5) is 0. The van der Waals surface area contributed by atoms with E-state index in [2.05, 4.69) is 50.5 Å². The number of fused-ring (bicyclic) bond motifs is 1. The van der Waals surface area contributed by atoms with Gasteiger partial charge in [0, 0.05) is 0 Å². The van der Waals surface area contributed by atoms with Crippen molar-refractivity contribution >= 4 is 0 Å². The first-order chi connectivity index (χ1) is 7.25. The van der Waals surface area contributed by atoms with Crippen molar-refractivity contribution in [3.63, 3.8) is 0 Å². The fraction of sp³-hybridized carbons (Fsp3) is 0.769. The van der Waals surface area contributed by atoms with Crippen LogP contribution in [0.3, 0.4) is 0 Å². The Kier molecular flexibility index (Phi) is 2.61. The number of ether oxygens (including phenoxy) is 1. The Morgan fingerprint density at radius 1 is 1.44 bits per heavy atom. The van der Waals surface area contributed by atoms with E-state index >= 15 is 0 Å². The van der Waals surface area contributed by atoms with E-state index in [1.807, 2.05) is 0 Å². The molecular weight excluding hydrogens is 200 g/mol. The highest BCUT2D eigenvalue weighted by Crippen LogP contribution is 2.25. The van der Waals surface area contributed by atoms with Gasteiger partial charge in [-0.1, -0.05) is 20.8 Å². The van der Waals surface area contributed by atoms with E-state index in [0.29, 0.717) is 12.0 Å². The fourth-order valence-electron chi connectivity index (χ4n) is 2.07. The molecule has 90 valence electrons. The molecular formula is C13H22N2O. The summed E-state index contributed by atoms with van der Waals surface area (Å²) in [6.45, 7) is 12.5. The van der Waals surface area contributed by atoms with Crippen molar-refractivity contribution < 1.29 is 4.74 Å². The fourth-order valence-corrected chi connectivity index (χ4v) is 2.07. The molecule has 1 aliphatic heterocycles. The Hall–Kier alpha value is -0.830. The summed E-state index contributed by atoms with van der Waals surface area (Å²) in [5.41, 5.74) is 2.60. The van der Waals surface area contributed by atoms with Crippen LogP contribution in [0.1, 0.15) is 46.0 Å². The Morgan fingerprint density at radius 2 is 2.12 bits per heavy atom. The summed E-state index contributed by atoms with van der Waals surface area (Å²) in [7, 11) is 0. The predicted molar refractivity (Wildman–Crippen MR) is 64.3 cm³/mol. The van der Waals surface area contributed by atoms with Crippen LogP contribution in [0.5, 0.6) is 0 Å². The molecule has 0 aromatic carbocycles. The predicted octanol–water partition coefficient (Wildman–Crippen LogP) is 2.78. The van der Waals surface area contributed by atoms with Gasteiger partial charge in [0.15, 0.2) is 0 Å². The van der Waals surface area contributed by atoms with Crippen LogP contribution in [-0.4, -0.2) is 15.4 Å². The smallest absolute Gasteiger partial charge is 0.0893 e. The molecule has 0 fully saturated rings. The summed E-state index contributed by atoms with van der Waals surface area (Å²) in [6.07, 6.45) is 1.02. The molecule has 0 spiro atoms. The summed E-state index contributed by atoms with van der Waals surface area (Å²) < 4.78 is 7.88. The van der Waals surface area contributed by atoms with E-state index in [1.165, 1.54) is 11.4 Å². The minimum atomic E-state index is -0.0853. The largest absolute Gasteiger partial charge is 0.367 e. The van der Waals surface area contributed by atoms with Gasteiger partial charge in [-0.3, -0.25) is 4.68 Å². The molecule has 0 atom stereocenters. The molecule has 2 heterocycles. The Balaban J connectivity index is 2.19. The molecule has 2 rings (SSSR count). The first kappa shape index (κ1) is 11.6. The van der Waals surface area contributed by atoms with Gasteiger partial charge in [0.1, 0.15) is 0 Å². The zero-order valence-corrected chi connectivity index (χ0v) is 11.0. The molecule has 0 aliphatic carbocycles. The Bertz CT molecular complexity index is 385. The van der Waals surface area contributed by atoms with Gasteiger partial charge < -0.3 is 4.74 Å². The van der Waals surface area contributed by atoms with Crippen molar-refractivity contribution in [2.24, 2.45) is 5.41 Å². The number of hydrogen-bond acceptors (Lipinski definition) is 2. The van der Waals surface area contributed by atoms with Crippen LogP contribution < -0.4 is 0 Å². The SMILES string of the molecule is CC(C)(C)Cc1cc2n(n1)CC(C)(C)OC2. The third-order valence-corrected chi connectivity index (χ3v) is 2.77. The molecule has 0 radical (unpaired) electrons. The van der Waals surface area contributed by atoms with Crippen LogP contribution in [0.25, 0.3) is 0 Å². The van der Waals surface area contributed by atoms with Crippen molar-refractivity contribution in [1.29, 1.82) is 0 Å². The maximum absolute atomic E-state index is 5.77. The molecule has 1 aromatic rings. The number of aromatic nitrogens is 2. The third kappa shape index (κ3) is 2.64. The second-order valence-corrected chi connectivity index (χ2v) is 6.57. The maximum atomic E-state index is 5.77. The van der Waals surface area contributed by atoms with Gasteiger partial charge >= 0.3 is 0 Å². The quantitative estimate of drug-likeness (QED) is 0.730. The Labute approximate surface area is 97.8 Å². The molecule has 3 nitrogen and oxygen atoms in total. The third-order valence-electron chi connectivity index (χ3n) is 2.77. The number of hydrogen-bond donors (Lipinski definition) is 0. The summed E-state index contributed by atoms with van der Waals surface area (Å²) in [5.74, 6) is 0. The lowest BCUT2D eigenvalue weighted by molar-refractivity contribution is -0.0661. The standard InChI is InChI=1S/C13H22N2O/c1-12(2,3)7-10-6-11-8-16-13(4,5)9-15(11)14-10/h6H,7-9H2,1-5H3. The maximum Gasteiger partial charge on any atom is 0.0893 e. The van der Waals surface area contributed by atoms with Crippen molar-refractivity contribution in [3.8, 4) is 0 Å². The second kappa shape index (κ2) is 3.59. The lowest BCUT2D eigenvalue weighted by atomic mass is 9.90. The summed E-state index contributed by atoms with van der Waals surface area (Å²) in [6, 6.07) is 2.18. The van der Waals surface area contributed by atoms with Crippen molar-refractivity contribution in [3.05, 3.63) is 17.5 Å². The zero-order chi connectivity index (χ0) is 12.0. The lowest BCUT2D eigenvalue weighted by Gasteiger charge is -2.30. The van der Waals surface area contributed by atoms with Crippen LogP contribution in [-0.2, 0) is 24.3 Å². The first-order valence-corrected chi connectivity index (χ1v) is 5.95. The first-order valence-electron chi connectivity index (χ1n) is 5.95. The highest BCUT2D eigenvalue weighted by Gasteiger charge is 2.27. The highest BCUT2D eigenvalue weighted by molar-refractivity contribution is 5.13. The molecule has 1 aliphatic rings. The molecule has 0 saturated carbocycles. The van der Waals surface area contributed by atoms with Gasteiger partial charge in [-0.15, -0.1) is 0 Å². The van der Waals surface area contributed by atoms with E-state index in [1.54, 1.807) is 0 Å². The van der Waals surface area contributed by atoms with Crippen LogP contribution >= 0.6 is 0 Å². The van der Waals surface area contributed by atoms with E-state index in [4.69, 9.17) is 4.74 Å². The number of rotatable bonds is 1.